The highest BCUT2D eigenvalue weighted by Crippen LogP contribution is 2.10. The Morgan fingerprint density at radius 2 is 1.80 bits per heavy atom. The zero-order chi connectivity index (χ0) is 7.72. The van der Waals surface area contributed by atoms with Crippen LogP contribution >= 0.6 is 0 Å². The molecular weight excluding hydrogens is 145 g/mol. The van der Waals surface area contributed by atoms with Crippen LogP contribution in [0.2, 0.25) is 0 Å². The number of nitrogens with zero attached hydrogens (tertiary/aromatic N) is 1. The molecule has 1 rings (SSSR count). The molecule has 0 unspecified atom stereocenters. The summed E-state index contributed by atoms with van der Waals surface area (Å²) in [7, 11) is 0. The van der Waals surface area contributed by atoms with E-state index in [1.165, 1.54) is 0 Å². The van der Waals surface area contributed by atoms with Crippen molar-refractivity contribution in [3.05, 3.63) is 23.8 Å². The van der Waals surface area contributed by atoms with Crippen LogP contribution in [0.25, 0.3) is 0 Å². The lowest BCUT2D eigenvalue weighted by Gasteiger charge is -1.94. The van der Waals surface area contributed by atoms with Gasteiger partial charge in [0, 0.05) is 6.07 Å². The molecule has 0 saturated heterocycles. The lowest BCUT2D eigenvalue weighted by molar-refractivity contribution is 0.450. The Labute approximate surface area is 54.5 Å². The maximum Gasteiger partial charge on any atom is 0.251 e. The van der Waals surface area contributed by atoms with Crippen LogP contribution in [0, 0.1) is 17.7 Å². The fourth-order valence-electron chi connectivity index (χ4n) is 0.460. The summed E-state index contributed by atoms with van der Waals surface area (Å²) in [5.74, 6) is -3.93. The van der Waals surface area contributed by atoms with E-state index in [2.05, 4.69) is 4.98 Å². The summed E-state index contributed by atoms with van der Waals surface area (Å²) in [6.45, 7) is 0. The fourth-order valence-corrected chi connectivity index (χ4v) is 0.460. The van der Waals surface area contributed by atoms with Crippen LogP contribution in [0.15, 0.2) is 6.07 Å². The molecule has 0 aliphatic carbocycles. The van der Waals surface area contributed by atoms with Gasteiger partial charge in [-0.1, -0.05) is 0 Å². The van der Waals surface area contributed by atoms with Crippen LogP contribution in [0.4, 0.5) is 18.9 Å². The Balaban J connectivity index is 3.28. The second kappa shape index (κ2) is 2.17. The normalized spacial score (nSPS) is 9.90. The Kier molecular flexibility index (Phi) is 1.48. The first-order chi connectivity index (χ1) is 4.61. The van der Waals surface area contributed by atoms with Crippen LogP contribution in [0.3, 0.4) is 0 Å². The van der Waals surface area contributed by atoms with Crippen molar-refractivity contribution in [3.8, 4) is 0 Å². The topological polar surface area (TPSA) is 38.9 Å². The predicted molar refractivity (Wildman–Crippen MR) is 28.5 cm³/mol. The quantitative estimate of drug-likeness (QED) is 0.559. The Morgan fingerprint density at radius 3 is 2.30 bits per heavy atom. The van der Waals surface area contributed by atoms with E-state index in [9.17, 15) is 13.2 Å². The number of hydrogen-bond donors (Lipinski definition) is 1. The number of pyridine rings is 1. The maximum absolute atomic E-state index is 12.1. The molecule has 1 heterocycles. The van der Waals surface area contributed by atoms with Gasteiger partial charge in [-0.2, -0.15) is 13.8 Å². The van der Waals surface area contributed by atoms with Gasteiger partial charge in [0.05, 0.1) is 5.69 Å². The molecule has 54 valence electrons. The van der Waals surface area contributed by atoms with Crippen molar-refractivity contribution in [2.24, 2.45) is 0 Å². The van der Waals surface area contributed by atoms with Gasteiger partial charge in [-0.05, 0) is 0 Å². The Hall–Kier alpha value is -1.26. The van der Waals surface area contributed by atoms with Crippen molar-refractivity contribution in [2.75, 3.05) is 5.73 Å². The highest BCUT2D eigenvalue weighted by atomic mass is 19.2. The number of anilines is 1. The zero-order valence-electron chi connectivity index (χ0n) is 4.74. The van der Waals surface area contributed by atoms with Gasteiger partial charge < -0.3 is 5.73 Å². The van der Waals surface area contributed by atoms with Gasteiger partial charge in [0.15, 0.2) is 5.82 Å². The third-order valence-electron chi connectivity index (χ3n) is 0.914. The molecule has 0 aromatic carbocycles. The van der Waals surface area contributed by atoms with Gasteiger partial charge in [0.2, 0.25) is 5.95 Å². The molecular formula is C5H3F3N2. The van der Waals surface area contributed by atoms with Crippen LogP contribution in [0.1, 0.15) is 0 Å². The Morgan fingerprint density at radius 1 is 1.20 bits per heavy atom. The van der Waals surface area contributed by atoms with Crippen molar-refractivity contribution >= 4 is 5.69 Å². The molecule has 0 radical (unpaired) electrons. The molecule has 0 saturated carbocycles. The third kappa shape index (κ3) is 1.02. The lowest BCUT2D eigenvalue weighted by atomic mass is 10.4. The van der Waals surface area contributed by atoms with Crippen LogP contribution in [-0.2, 0) is 0 Å². The van der Waals surface area contributed by atoms with Crippen LogP contribution in [0.5, 0.6) is 0 Å². The number of aromatic nitrogens is 1. The van der Waals surface area contributed by atoms with E-state index in [1.54, 1.807) is 0 Å². The van der Waals surface area contributed by atoms with Gasteiger partial charge >= 0.3 is 0 Å². The summed E-state index contributed by atoms with van der Waals surface area (Å²) in [5, 5.41) is 0. The molecule has 5 heteroatoms. The van der Waals surface area contributed by atoms with Gasteiger partial charge in [-0.3, -0.25) is 0 Å². The second-order valence-corrected chi connectivity index (χ2v) is 1.64. The van der Waals surface area contributed by atoms with E-state index in [-0.39, 0.29) is 0 Å². The standard InChI is InChI=1S/C5H3F3N2/c6-2-1-3(9)5(8)10-4(2)7/h1H,9H2. The van der Waals surface area contributed by atoms with E-state index in [0.717, 1.165) is 0 Å². The minimum Gasteiger partial charge on any atom is -0.395 e. The molecule has 0 bridgehead atoms. The van der Waals surface area contributed by atoms with Gasteiger partial charge in [-0.25, -0.2) is 4.39 Å². The number of halogens is 3. The second-order valence-electron chi connectivity index (χ2n) is 1.64. The Bertz CT molecular complexity index is 211. The first-order valence-corrected chi connectivity index (χ1v) is 2.38. The molecule has 0 amide bonds. The zero-order valence-corrected chi connectivity index (χ0v) is 4.74. The van der Waals surface area contributed by atoms with Crippen LogP contribution in [-0.4, -0.2) is 4.98 Å². The molecule has 1 aromatic heterocycles. The summed E-state index contributed by atoms with van der Waals surface area (Å²) in [6.07, 6.45) is 0. The van der Waals surface area contributed by atoms with Gasteiger partial charge in [0.25, 0.3) is 5.95 Å². The van der Waals surface area contributed by atoms with Gasteiger partial charge in [-0.15, -0.1) is 0 Å². The molecule has 2 nitrogen and oxygen atoms in total. The number of rotatable bonds is 0. The average Bonchev–Trinajstić information content (AvgIpc) is 1.84. The fraction of sp³-hybridized carbons (Fsp3) is 0. The minimum atomic E-state index is -1.48. The molecule has 0 spiro atoms. The van der Waals surface area contributed by atoms with Crippen molar-refractivity contribution in [3.63, 3.8) is 0 Å². The van der Waals surface area contributed by atoms with E-state index < -0.39 is 23.4 Å². The molecule has 10 heavy (non-hydrogen) atoms. The SMILES string of the molecule is Nc1cc(F)c(F)nc1F. The first kappa shape index (κ1) is 6.85. The minimum absolute atomic E-state index is 0.501. The third-order valence-corrected chi connectivity index (χ3v) is 0.914. The highest BCUT2D eigenvalue weighted by Gasteiger charge is 2.07. The first-order valence-electron chi connectivity index (χ1n) is 2.38. The van der Waals surface area contributed by atoms with Crippen molar-refractivity contribution in [2.45, 2.75) is 0 Å². The van der Waals surface area contributed by atoms with Crippen LogP contribution < -0.4 is 5.73 Å². The summed E-state index contributed by atoms with van der Waals surface area (Å²) in [6, 6.07) is 0.539. The van der Waals surface area contributed by atoms with Crippen molar-refractivity contribution in [1.29, 1.82) is 0 Å². The molecule has 2 N–H and O–H groups in total. The molecule has 1 aromatic rings. The summed E-state index contributed by atoms with van der Waals surface area (Å²) >= 11 is 0. The maximum atomic E-state index is 12.1. The highest BCUT2D eigenvalue weighted by molar-refractivity contribution is 5.35. The lowest BCUT2D eigenvalue weighted by Crippen LogP contribution is -1.99. The van der Waals surface area contributed by atoms with E-state index in [1.807, 2.05) is 0 Å². The van der Waals surface area contributed by atoms with E-state index >= 15 is 0 Å². The van der Waals surface area contributed by atoms with E-state index in [0.29, 0.717) is 6.07 Å². The van der Waals surface area contributed by atoms with E-state index in [4.69, 9.17) is 5.73 Å². The summed E-state index contributed by atoms with van der Waals surface area (Å²) < 4.78 is 36.2. The molecule has 0 aliphatic rings. The number of nitrogen functional groups attached to an aromatic ring is 1. The summed E-state index contributed by atoms with van der Waals surface area (Å²) in [4.78, 5) is 2.54. The van der Waals surface area contributed by atoms with Crippen molar-refractivity contribution in [1.82, 2.24) is 4.98 Å². The monoisotopic (exact) mass is 148 g/mol. The molecule has 0 fully saturated rings. The number of hydrogen-bond acceptors (Lipinski definition) is 2. The number of nitrogens with two attached hydrogens (primary N) is 1. The van der Waals surface area contributed by atoms with Crippen molar-refractivity contribution < 1.29 is 13.2 Å². The molecule has 0 aliphatic heterocycles. The smallest absolute Gasteiger partial charge is 0.251 e. The molecule has 0 atom stereocenters. The predicted octanol–water partition coefficient (Wildman–Crippen LogP) is 1.08. The van der Waals surface area contributed by atoms with Gasteiger partial charge in [0.1, 0.15) is 0 Å². The average molecular weight is 148 g/mol. The summed E-state index contributed by atoms with van der Waals surface area (Å²) in [5.41, 5.74) is 4.34. The largest absolute Gasteiger partial charge is 0.395 e.